The molecule has 2 heterocycles. The molecule has 1 amide bonds. The van der Waals surface area contributed by atoms with Crippen LogP contribution in [0, 0.1) is 0 Å². The van der Waals surface area contributed by atoms with Crippen molar-refractivity contribution in [3.63, 3.8) is 0 Å². The van der Waals surface area contributed by atoms with E-state index < -0.39 is 0 Å². The third kappa shape index (κ3) is 4.26. The van der Waals surface area contributed by atoms with Crippen LogP contribution in [0.5, 0.6) is 5.75 Å². The molecule has 0 bridgehead atoms. The molecule has 4 aromatic rings. The Hall–Kier alpha value is -3.16. The number of carbonyl (C=O) groups is 1. The maximum atomic E-state index is 12.7. The first-order valence-corrected chi connectivity index (χ1v) is 11.6. The molecule has 1 N–H and O–H groups in total. The summed E-state index contributed by atoms with van der Waals surface area (Å²) in [5, 5.41) is 3.42. The highest BCUT2D eigenvalue weighted by Gasteiger charge is 2.18. The number of nitrogens with zero attached hydrogens (tertiary/aromatic N) is 2. The first-order chi connectivity index (χ1) is 15.6. The molecule has 32 heavy (non-hydrogen) atoms. The van der Waals surface area contributed by atoms with Crippen LogP contribution in [0.25, 0.3) is 4.96 Å². The molecule has 8 heteroatoms. The smallest absolute Gasteiger partial charge is 0.259 e. The third-order valence-corrected chi connectivity index (χ3v) is 6.79. The van der Waals surface area contributed by atoms with E-state index in [2.05, 4.69) is 10.3 Å². The van der Waals surface area contributed by atoms with Crippen LogP contribution in [0.3, 0.4) is 0 Å². The Morgan fingerprint density at radius 3 is 2.78 bits per heavy atom. The maximum Gasteiger partial charge on any atom is 0.259 e. The average molecular weight is 466 g/mol. The number of thiazole rings is 1. The van der Waals surface area contributed by atoms with E-state index in [4.69, 9.17) is 16.3 Å². The predicted molar refractivity (Wildman–Crippen MR) is 126 cm³/mol. The molecule has 0 saturated carbocycles. The number of hydrogen-bond donors (Lipinski definition) is 1. The lowest BCUT2D eigenvalue weighted by Gasteiger charge is -2.10. The van der Waals surface area contributed by atoms with Gasteiger partial charge in [0.25, 0.3) is 11.5 Å². The normalized spacial score (nSPS) is 13.0. The molecule has 162 valence electrons. The second-order valence-corrected chi connectivity index (χ2v) is 9.16. The number of aromatic nitrogens is 2. The zero-order chi connectivity index (χ0) is 22.1. The largest absolute Gasteiger partial charge is 0.487 e. The van der Waals surface area contributed by atoms with Crippen molar-refractivity contribution in [3.05, 3.63) is 91.8 Å². The summed E-state index contributed by atoms with van der Waals surface area (Å²) < 4.78 is 7.61. The molecule has 0 unspecified atom stereocenters. The second-order valence-electron chi connectivity index (χ2n) is 7.66. The lowest BCUT2D eigenvalue weighted by molar-refractivity contribution is 0.102. The third-order valence-electron chi connectivity index (χ3n) is 5.40. The van der Waals surface area contributed by atoms with E-state index in [9.17, 15) is 9.59 Å². The first-order valence-electron chi connectivity index (χ1n) is 10.4. The minimum Gasteiger partial charge on any atom is -0.487 e. The number of amides is 1. The lowest BCUT2D eigenvalue weighted by atomic mass is 10.0. The van der Waals surface area contributed by atoms with E-state index in [0.29, 0.717) is 27.7 Å². The number of fused-ring (bicyclic) bond motifs is 3. The summed E-state index contributed by atoms with van der Waals surface area (Å²) in [5.74, 6) is 0.340. The van der Waals surface area contributed by atoms with Gasteiger partial charge < -0.3 is 10.1 Å². The maximum absolute atomic E-state index is 12.7. The van der Waals surface area contributed by atoms with Crippen molar-refractivity contribution in [2.45, 2.75) is 32.3 Å². The summed E-state index contributed by atoms with van der Waals surface area (Å²) in [6, 6.07) is 15.3. The van der Waals surface area contributed by atoms with Gasteiger partial charge in [0.05, 0.1) is 5.69 Å². The van der Waals surface area contributed by atoms with Crippen LogP contribution >= 0.6 is 22.9 Å². The predicted octanol–water partition coefficient (Wildman–Crippen LogP) is 5.12. The fraction of sp³-hybridized carbons (Fsp3) is 0.208. The van der Waals surface area contributed by atoms with E-state index in [0.717, 1.165) is 36.3 Å². The summed E-state index contributed by atoms with van der Waals surface area (Å²) in [5.41, 5.74) is 2.76. The average Bonchev–Trinajstić information content (AvgIpc) is 3.17. The zero-order valence-corrected chi connectivity index (χ0v) is 18.7. The highest BCUT2D eigenvalue weighted by molar-refractivity contribution is 7.17. The van der Waals surface area contributed by atoms with Gasteiger partial charge in [0, 0.05) is 39.0 Å². The molecule has 0 radical (unpaired) electrons. The standard InChI is InChI=1S/C24H20ClN3O3S/c25-16-10-8-15(9-11-16)23(30)26-17-4-3-5-19(12-17)31-14-18-13-22(29)28-20-6-1-2-7-21(20)32-24(28)27-18/h3-5,8-13H,1-2,6-7,14H2,(H,26,30). The van der Waals surface area contributed by atoms with Crippen molar-refractivity contribution in [1.29, 1.82) is 0 Å². The lowest BCUT2D eigenvalue weighted by Crippen LogP contribution is -2.18. The van der Waals surface area contributed by atoms with Crippen molar-refractivity contribution >= 4 is 39.5 Å². The molecule has 2 aromatic heterocycles. The molecular weight excluding hydrogens is 446 g/mol. The number of carbonyl (C=O) groups excluding carboxylic acids is 1. The molecule has 5 rings (SSSR count). The summed E-state index contributed by atoms with van der Waals surface area (Å²) in [6.45, 7) is 0.170. The van der Waals surface area contributed by atoms with E-state index in [1.54, 1.807) is 70.3 Å². The monoisotopic (exact) mass is 465 g/mol. The first kappa shape index (κ1) is 20.7. The van der Waals surface area contributed by atoms with Gasteiger partial charge in [-0.25, -0.2) is 4.98 Å². The molecule has 2 aromatic carbocycles. The Labute approximate surface area is 193 Å². The molecule has 0 fully saturated rings. The Morgan fingerprint density at radius 2 is 1.94 bits per heavy atom. The van der Waals surface area contributed by atoms with Crippen LogP contribution < -0.4 is 15.6 Å². The van der Waals surface area contributed by atoms with E-state index in [1.165, 1.54) is 4.88 Å². The summed E-state index contributed by atoms with van der Waals surface area (Å²) >= 11 is 7.48. The summed E-state index contributed by atoms with van der Waals surface area (Å²) in [6.07, 6.45) is 4.22. The van der Waals surface area contributed by atoms with Gasteiger partial charge in [-0.15, -0.1) is 11.3 Å². The minimum absolute atomic E-state index is 0.0584. The second kappa shape index (κ2) is 8.76. The van der Waals surface area contributed by atoms with E-state index >= 15 is 0 Å². The number of halogens is 1. The van der Waals surface area contributed by atoms with Crippen LogP contribution in [-0.4, -0.2) is 15.3 Å². The SMILES string of the molecule is O=C(Nc1cccc(OCc2cc(=O)n3c4c(sc3n2)CCCC4)c1)c1ccc(Cl)cc1. The number of rotatable bonds is 5. The number of benzene rings is 2. The molecule has 0 saturated heterocycles. The Morgan fingerprint density at radius 1 is 1.12 bits per heavy atom. The number of anilines is 1. The van der Waals surface area contributed by atoms with Gasteiger partial charge in [-0.1, -0.05) is 17.7 Å². The minimum atomic E-state index is -0.236. The van der Waals surface area contributed by atoms with Crippen molar-refractivity contribution < 1.29 is 9.53 Å². The Balaban J connectivity index is 1.30. The molecule has 6 nitrogen and oxygen atoms in total. The van der Waals surface area contributed by atoms with Gasteiger partial charge in [0.15, 0.2) is 4.96 Å². The number of aryl methyl sites for hydroxylation is 2. The van der Waals surface area contributed by atoms with Gasteiger partial charge in [-0.05, 0) is 62.1 Å². The zero-order valence-electron chi connectivity index (χ0n) is 17.1. The number of ether oxygens (including phenoxy) is 1. The highest BCUT2D eigenvalue weighted by Crippen LogP contribution is 2.28. The summed E-state index contributed by atoms with van der Waals surface area (Å²) in [4.78, 5) is 31.8. The number of nitrogens with one attached hydrogen (secondary N) is 1. The molecule has 1 aliphatic rings. The van der Waals surface area contributed by atoms with Crippen molar-refractivity contribution in [1.82, 2.24) is 9.38 Å². The molecule has 0 aliphatic heterocycles. The molecular formula is C24H20ClN3O3S. The Bertz CT molecular complexity index is 1360. The fourth-order valence-corrected chi connectivity index (χ4v) is 5.20. The van der Waals surface area contributed by atoms with E-state index in [1.807, 2.05) is 0 Å². The highest BCUT2D eigenvalue weighted by atomic mass is 35.5. The van der Waals surface area contributed by atoms with Crippen molar-refractivity contribution in [3.8, 4) is 5.75 Å². The van der Waals surface area contributed by atoms with Crippen LogP contribution in [0.2, 0.25) is 5.02 Å². The van der Waals surface area contributed by atoms with Gasteiger partial charge in [-0.2, -0.15) is 0 Å². The van der Waals surface area contributed by atoms with Crippen molar-refractivity contribution in [2.24, 2.45) is 0 Å². The van der Waals surface area contributed by atoms with Crippen LogP contribution in [0.1, 0.15) is 39.5 Å². The molecule has 1 aliphatic carbocycles. The van der Waals surface area contributed by atoms with Gasteiger partial charge >= 0.3 is 0 Å². The Kier molecular flexibility index (Phi) is 5.68. The summed E-state index contributed by atoms with van der Waals surface area (Å²) in [7, 11) is 0. The topological polar surface area (TPSA) is 72.7 Å². The van der Waals surface area contributed by atoms with Gasteiger partial charge in [-0.3, -0.25) is 14.0 Å². The quantitative estimate of drug-likeness (QED) is 0.444. The number of hydrogen-bond acceptors (Lipinski definition) is 5. The van der Waals surface area contributed by atoms with Gasteiger partial charge in [0.1, 0.15) is 12.4 Å². The van der Waals surface area contributed by atoms with Crippen LogP contribution in [0.15, 0.2) is 59.4 Å². The van der Waals surface area contributed by atoms with E-state index in [-0.39, 0.29) is 18.1 Å². The van der Waals surface area contributed by atoms with Gasteiger partial charge in [0.2, 0.25) is 0 Å². The van der Waals surface area contributed by atoms with Crippen molar-refractivity contribution in [2.75, 3.05) is 5.32 Å². The van der Waals surface area contributed by atoms with Crippen LogP contribution in [-0.2, 0) is 19.4 Å². The fourth-order valence-electron chi connectivity index (χ4n) is 3.84. The van der Waals surface area contributed by atoms with Crippen LogP contribution in [0.4, 0.5) is 5.69 Å². The molecule has 0 atom stereocenters. The molecule has 0 spiro atoms.